The van der Waals surface area contributed by atoms with Crippen LogP contribution in [-0.2, 0) is 14.3 Å². The van der Waals surface area contributed by atoms with Crippen molar-refractivity contribution in [1.29, 1.82) is 0 Å². The first kappa shape index (κ1) is 15.8. The van der Waals surface area contributed by atoms with E-state index in [0.717, 1.165) is 18.4 Å². The number of alkyl halides is 3. The molecule has 0 aromatic carbocycles. The minimum absolute atomic E-state index is 0.253. The molecule has 0 N–H and O–H groups in total. The van der Waals surface area contributed by atoms with Crippen LogP contribution in [0.5, 0.6) is 0 Å². The quantitative estimate of drug-likeness (QED) is 0.324. The summed E-state index contributed by atoms with van der Waals surface area (Å²) in [5, 5.41) is 0. The summed E-state index contributed by atoms with van der Waals surface area (Å²) in [4.78, 5) is 0. The molecule has 3 nitrogen and oxygen atoms in total. The normalized spacial score (nSPS) is 16.6. The predicted molar refractivity (Wildman–Crippen MR) is 65.5 cm³/mol. The molecule has 1 aliphatic rings. The number of rotatable bonds is 6. The summed E-state index contributed by atoms with van der Waals surface area (Å²) in [5.41, 5.74) is -4.51. The predicted octanol–water partition coefficient (Wildman–Crippen LogP) is 3.81. The standard InChI is InChI=1S/C12H15F3O3S/c1-2-3-4-6-10-7-5-8-11(9-10)18-19(16,17)12(13,14)15/h2,8-9H,1,3-7H2. The van der Waals surface area contributed by atoms with Crippen LogP contribution in [0.3, 0.4) is 0 Å². The van der Waals surface area contributed by atoms with Crippen LogP contribution < -0.4 is 0 Å². The maximum Gasteiger partial charge on any atom is 0.534 e. The second kappa shape index (κ2) is 6.27. The van der Waals surface area contributed by atoms with Gasteiger partial charge in [-0.15, -0.1) is 6.58 Å². The summed E-state index contributed by atoms with van der Waals surface area (Å²) in [5.74, 6) is -0.253. The minimum Gasteiger partial charge on any atom is -0.376 e. The lowest BCUT2D eigenvalue weighted by Crippen LogP contribution is -2.25. The first-order valence-electron chi connectivity index (χ1n) is 5.77. The maximum absolute atomic E-state index is 12.2. The summed E-state index contributed by atoms with van der Waals surface area (Å²) in [6, 6.07) is 0. The van der Waals surface area contributed by atoms with E-state index < -0.39 is 15.6 Å². The summed E-state index contributed by atoms with van der Waals surface area (Å²) in [6.45, 7) is 3.57. The summed E-state index contributed by atoms with van der Waals surface area (Å²) >= 11 is 0. The molecule has 7 heteroatoms. The summed E-state index contributed by atoms with van der Waals surface area (Å²) < 4.78 is 62.3. The Balaban J connectivity index is 2.70. The number of unbranched alkanes of at least 4 members (excludes halogenated alkanes) is 1. The molecule has 0 fully saturated rings. The van der Waals surface area contributed by atoms with Crippen molar-refractivity contribution in [2.45, 2.75) is 37.6 Å². The summed E-state index contributed by atoms with van der Waals surface area (Å²) in [7, 11) is -5.57. The molecule has 0 heterocycles. The van der Waals surface area contributed by atoms with Crippen LogP contribution in [0.2, 0.25) is 0 Å². The Kier molecular flexibility index (Phi) is 5.22. The van der Waals surface area contributed by atoms with Gasteiger partial charge in [0, 0.05) is 0 Å². The molecule has 0 spiro atoms. The minimum atomic E-state index is -5.57. The molecular formula is C12H15F3O3S. The third kappa shape index (κ3) is 4.74. The van der Waals surface area contributed by atoms with E-state index in [9.17, 15) is 21.6 Å². The molecule has 1 aliphatic carbocycles. The zero-order valence-corrected chi connectivity index (χ0v) is 11.1. The maximum atomic E-state index is 12.2. The molecule has 19 heavy (non-hydrogen) atoms. The van der Waals surface area contributed by atoms with Gasteiger partial charge >= 0.3 is 15.6 Å². The molecule has 1 rings (SSSR count). The van der Waals surface area contributed by atoms with Gasteiger partial charge in [0.1, 0.15) is 5.76 Å². The van der Waals surface area contributed by atoms with Gasteiger partial charge in [-0.3, -0.25) is 0 Å². The van der Waals surface area contributed by atoms with Crippen molar-refractivity contribution in [3.05, 3.63) is 36.1 Å². The fraction of sp³-hybridized carbons (Fsp3) is 0.500. The van der Waals surface area contributed by atoms with E-state index in [2.05, 4.69) is 10.8 Å². The van der Waals surface area contributed by atoms with Crippen molar-refractivity contribution in [3.8, 4) is 0 Å². The topological polar surface area (TPSA) is 43.4 Å². The van der Waals surface area contributed by atoms with E-state index in [0.29, 0.717) is 19.3 Å². The molecule has 0 bridgehead atoms. The van der Waals surface area contributed by atoms with Gasteiger partial charge in [0.15, 0.2) is 0 Å². The average Bonchev–Trinajstić information content (AvgIpc) is 2.27. The highest BCUT2D eigenvalue weighted by atomic mass is 32.2. The van der Waals surface area contributed by atoms with E-state index in [-0.39, 0.29) is 5.76 Å². The second-order valence-corrected chi connectivity index (χ2v) is 5.65. The van der Waals surface area contributed by atoms with Gasteiger partial charge in [-0.05, 0) is 44.3 Å². The number of hydrogen-bond acceptors (Lipinski definition) is 3. The molecular weight excluding hydrogens is 281 g/mol. The van der Waals surface area contributed by atoms with E-state index in [1.165, 1.54) is 12.2 Å². The fourth-order valence-corrected chi connectivity index (χ4v) is 2.10. The lowest BCUT2D eigenvalue weighted by atomic mass is 9.99. The van der Waals surface area contributed by atoms with Crippen LogP contribution in [0.4, 0.5) is 13.2 Å². The van der Waals surface area contributed by atoms with Crippen LogP contribution in [0.1, 0.15) is 32.1 Å². The Bertz CT molecular complexity index is 487. The van der Waals surface area contributed by atoms with Gasteiger partial charge in [0.05, 0.1) is 0 Å². The Labute approximate surface area is 110 Å². The van der Waals surface area contributed by atoms with Crippen molar-refractivity contribution in [2.75, 3.05) is 0 Å². The number of halogens is 3. The third-order valence-electron chi connectivity index (χ3n) is 2.55. The highest BCUT2D eigenvalue weighted by Gasteiger charge is 2.48. The first-order chi connectivity index (χ1) is 8.76. The van der Waals surface area contributed by atoms with E-state index >= 15 is 0 Å². The zero-order valence-electron chi connectivity index (χ0n) is 10.2. The highest BCUT2D eigenvalue weighted by molar-refractivity contribution is 7.87. The fourth-order valence-electron chi connectivity index (χ4n) is 1.63. The van der Waals surface area contributed by atoms with Crippen molar-refractivity contribution in [1.82, 2.24) is 0 Å². The molecule has 0 aromatic heterocycles. The van der Waals surface area contributed by atoms with E-state index in [1.54, 1.807) is 6.08 Å². The van der Waals surface area contributed by atoms with Crippen molar-refractivity contribution < 1.29 is 25.8 Å². The van der Waals surface area contributed by atoms with Crippen molar-refractivity contribution in [3.63, 3.8) is 0 Å². The Morgan fingerprint density at radius 2 is 2.11 bits per heavy atom. The SMILES string of the molecule is C=CCCCC1=CC(OS(=O)(=O)C(F)(F)F)=CCC1. The van der Waals surface area contributed by atoms with Gasteiger partial charge in [-0.2, -0.15) is 21.6 Å². The van der Waals surface area contributed by atoms with E-state index in [4.69, 9.17) is 0 Å². The molecule has 0 amide bonds. The Hall–Kier alpha value is -1.24. The van der Waals surface area contributed by atoms with E-state index in [1.807, 2.05) is 0 Å². The third-order valence-corrected chi connectivity index (χ3v) is 3.53. The van der Waals surface area contributed by atoms with Gasteiger partial charge < -0.3 is 4.18 Å². The molecule has 0 saturated carbocycles. The monoisotopic (exact) mass is 296 g/mol. The molecule has 0 aromatic rings. The average molecular weight is 296 g/mol. The van der Waals surface area contributed by atoms with Crippen LogP contribution in [0.15, 0.2) is 36.1 Å². The number of hydrogen-bond donors (Lipinski definition) is 0. The smallest absolute Gasteiger partial charge is 0.376 e. The Morgan fingerprint density at radius 1 is 1.42 bits per heavy atom. The molecule has 0 radical (unpaired) electrons. The molecule has 108 valence electrons. The van der Waals surface area contributed by atoms with Crippen LogP contribution in [0, 0.1) is 0 Å². The summed E-state index contributed by atoms with van der Waals surface area (Å²) in [6.07, 6.45) is 7.98. The lowest BCUT2D eigenvalue weighted by Gasteiger charge is -2.15. The van der Waals surface area contributed by atoms with Crippen LogP contribution in [0.25, 0.3) is 0 Å². The largest absolute Gasteiger partial charge is 0.534 e. The molecule has 0 saturated heterocycles. The second-order valence-electron chi connectivity index (χ2n) is 4.11. The highest BCUT2D eigenvalue weighted by Crippen LogP contribution is 2.29. The zero-order chi connectivity index (χ0) is 14.5. The van der Waals surface area contributed by atoms with Gasteiger partial charge in [-0.25, -0.2) is 0 Å². The van der Waals surface area contributed by atoms with Gasteiger partial charge in [0.2, 0.25) is 0 Å². The Morgan fingerprint density at radius 3 is 2.68 bits per heavy atom. The van der Waals surface area contributed by atoms with Gasteiger partial charge in [0.25, 0.3) is 0 Å². The first-order valence-corrected chi connectivity index (χ1v) is 7.18. The van der Waals surface area contributed by atoms with Crippen LogP contribution in [-0.4, -0.2) is 13.9 Å². The van der Waals surface area contributed by atoms with Crippen LogP contribution >= 0.6 is 0 Å². The lowest BCUT2D eigenvalue weighted by molar-refractivity contribution is -0.0520. The van der Waals surface area contributed by atoms with Crippen molar-refractivity contribution >= 4 is 10.1 Å². The molecule has 0 atom stereocenters. The van der Waals surface area contributed by atoms with Gasteiger partial charge in [-0.1, -0.05) is 11.6 Å². The molecule has 0 unspecified atom stereocenters. The molecule has 0 aliphatic heterocycles. The number of allylic oxidation sites excluding steroid dienone is 4. The van der Waals surface area contributed by atoms with Crippen molar-refractivity contribution in [2.24, 2.45) is 0 Å².